The van der Waals surface area contributed by atoms with E-state index in [1.54, 1.807) is 23.9 Å². The summed E-state index contributed by atoms with van der Waals surface area (Å²) in [5.41, 5.74) is 0. The zero-order chi connectivity index (χ0) is 14.5. The van der Waals surface area contributed by atoms with Gasteiger partial charge in [-0.2, -0.15) is 0 Å². The molecule has 1 aromatic rings. The van der Waals surface area contributed by atoms with Crippen LogP contribution in [0.1, 0.15) is 26.7 Å². The van der Waals surface area contributed by atoms with Gasteiger partial charge in [0.05, 0.1) is 5.88 Å². The molecule has 1 aromatic carbocycles. The van der Waals surface area contributed by atoms with Crippen LogP contribution in [0.25, 0.3) is 0 Å². The molecular weight excluding hydrogens is 288 g/mol. The minimum atomic E-state index is 0.0405. The molecule has 110 valence electrons. The SMILES string of the molecule is CC(C)CCC1C(=O)N(CSc2ccccc2)SN1C. The molecule has 3 nitrogen and oxygen atoms in total. The molecule has 2 rings (SSSR count). The highest BCUT2D eigenvalue weighted by molar-refractivity contribution is 8.01. The molecule has 0 spiro atoms. The lowest BCUT2D eigenvalue weighted by Crippen LogP contribution is -2.31. The van der Waals surface area contributed by atoms with Crippen LogP contribution in [-0.4, -0.2) is 33.5 Å². The second-order valence-electron chi connectivity index (χ2n) is 5.42. The van der Waals surface area contributed by atoms with Gasteiger partial charge < -0.3 is 0 Å². The summed E-state index contributed by atoms with van der Waals surface area (Å²) in [6.45, 7) is 4.41. The Morgan fingerprint density at radius 1 is 1.30 bits per heavy atom. The van der Waals surface area contributed by atoms with Crippen LogP contribution in [0.5, 0.6) is 0 Å². The highest BCUT2D eigenvalue weighted by atomic mass is 32.2. The summed E-state index contributed by atoms with van der Waals surface area (Å²) in [7, 11) is 2.01. The van der Waals surface area contributed by atoms with Gasteiger partial charge in [0.2, 0.25) is 0 Å². The van der Waals surface area contributed by atoms with Gasteiger partial charge in [-0.1, -0.05) is 32.0 Å². The summed E-state index contributed by atoms with van der Waals surface area (Å²) in [6.07, 6.45) is 2.05. The highest BCUT2D eigenvalue weighted by Gasteiger charge is 2.37. The molecule has 1 aliphatic rings. The summed E-state index contributed by atoms with van der Waals surface area (Å²) in [4.78, 5) is 13.6. The Bertz CT molecular complexity index is 439. The van der Waals surface area contributed by atoms with Crippen molar-refractivity contribution in [3.05, 3.63) is 30.3 Å². The summed E-state index contributed by atoms with van der Waals surface area (Å²) in [6, 6.07) is 10.3. The lowest BCUT2D eigenvalue weighted by atomic mass is 10.0. The van der Waals surface area contributed by atoms with E-state index in [0.29, 0.717) is 11.8 Å². The fourth-order valence-corrected chi connectivity index (χ4v) is 4.02. The Morgan fingerprint density at radius 3 is 2.65 bits per heavy atom. The Kier molecular flexibility index (Phi) is 5.81. The molecule has 0 radical (unpaired) electrons. The molecule has 1 atom stereocenters. The normalized spacial score (nSPS) is 20.1. The monoisotopic (exact) mass is 310 g/mol. The van der Waals surface area contributed by atoms with Crippen molar-refractivity contribution in [2.24, 2.45) is 5.92 Å². The van der Waals surface area contributed by atoms with Crippen molar-refractivity contribution in [3.8, 4) is 0 Å². The first-order valence-electron chi connectivity index (χ1n) is 6.98. The summed E-state index contributed by atoms with van der Waals surface area (Å²) in [5.74, 6) is 1.60. The molecule has 0 aliphatic carbocycles. The van der Waals surface area contributed by atoms with E-state index in [1.807, 2.05) is 29.6 Å². The number of nitrogens with zero attached hydrogens (tertiary/aromatic N) is 2. The predicted molar refractivity (Wildman–Crippen MR) is 87.2 cm³/mol. The molecule has 0 saturated carbocycles. The van der Waals surface area contributed by atoms with Gasteiger partial charge in [0.1, 0.15) is 6.04 Å². The van der Waals surface area contributed by atoms with E-state index < -0.39 is 0 Å². The van der Waals surface area contributed by atoms with Gasteiger partial charge in [-0.15, -0.1) is 11.8 Å². The van der Waals surface area contributed by atoms with Crippen LogP contribution in [-0.2, 0) is 4.79 Å². The van der Waals surface area contributed by atoms with E-state index in [2.05, 4.69) is 30.3 Å². The molecule has 0 aromatic heterocycles. The first-order valence-corrected chi connectivity index (χ1v) is 8.69. The zero-order valence-electron chi connectivity index (χ0n) is 12.3. The van der Waals surface area contributed by atoms with Crippen LogP contribution in [0.15, 0.2) is 35.2 Å². The van der Waals surface area contributed by atoms with Gasteiger partial charge in [0.15, 0.2) is 0 Å². The number of rotatable bonds is 6. The Balaban J connectivity index is 1.86. The molecule has 0 N–H and O–H groups in total. The number of thioether (sulfide) groups is 1. The van der Waals surface area contributed by atoms with E-state index in [1.165, 1.54) is 4.90 Å². The molecule has 0 bridgehead atoms. The molecule has 1 aliphatic heterocycles. The largest absolute Gasteiger partial charge is 0.272 e. The third kappa shape index (κ3) is 4.17. The average molecular weight is 310 g/mol. The quantitative estimate of drug-likeness (QED) is 0.588. The molecular formula is C15H22N2OS2. The maximum atomic E-state index is 12.4. The van der Waals surface area contributed by atoms with E-state index in [9.17, 15) is 4.79 Å². The minimum absolute atomic E-state index is 0.0405. The molecule has 1 heterocycles. The van der Waals surface area contributed by atoms with Gasteiger partial charge in [0, 0.05) is 24.1 Å². The average Bonchev–Trinajstić information content (AvgIpc) is 2.70. The maximum Gasteiger partial charge on any atom is 0.252 e. The topological polar surface area (TPSA) is 23.6 Å². The Morgan fingerprint density at radius 2 is 2.00 bits per heavy atom. The highest BCUT2D eigenvalue weighted by Crippen LogP contribution is 2.33. The summed E-state index contributed by atoms with van der Waals surface area (Å²) in [5, 5.41) is 0. The lowest BCUT2D eigenvalue weighted by Gasteiger charge is -2.14. The summed E-state index contributed by atoms with van der Waals surface area (Å²) < 4.78 is 3.97. The second kappa shape index (κ2) is 7.38. The second-order valence-corrected chi connectivity index (χ2v) is 7.62. The fraction of sp³-hybridized carbons (Fsp3) is 0.533. The first kappa shape index (κ1) is 15.7. The fourth-order valence-electron chi connectivity index (χ4n) is 2.11. The Hall–Kier alpha value is -0.650. The predicted octanol–water partition coefficient (Wildman–Crippen LogP) is 3.88. The van der Waals surface area contributed by atoms with Crippen LogP contribution >= 0.6 is 23.9 Å². The van der Waals surface area contributed by atoms with Gasteiger partial charge >= 0.3 is 0 Å². The number of hydrogen-bond donors (Lipinski definition) is 0. The van der Waals surface area contributed by atoms with Crippen LogP contribution in [0.2, 0.25) is 0 Å². The molecule has 5 heteroatoms. The van der Waals surface area contributed by atoms with Gasteiger partial charge in [-0.25, -0.2) is 4.31 Å². The van der Waals surface area contributed by atoms with Crippen molar-refractivity contribution < 1.29 is 4.79 Å². The number of benzene rings is 1. The number of hydrogen-bond acceptors (Lipinski definition) is 4. The van der Waals surface area contributed by atoms with Gasteiger partial charge in [0.25, 0.3) is 5.91 Å². The molecule has 1 unspecified atom stereocenters. The van der Waals surface area contributed by atoms with E-state index in [4.69, 9.17) is 0 Å². The summed E-state index contributed by atoms with van der Waals surface area (Å²) >= 11 is 3.26. The number of carbonyl (C=O) groups excluding carboxylic acids is 1. The third-order valence-corrected chi connectivity index (χ3v) is 5.48. The smallest absolute Gasteiger partial charge is 0.252 e. The van der Waals surface area contributed by atoms with Gasteiger partial charge in [-0.05, 0) is 30.9 Å². The van der Waals surface area contributed by atoms with E-state index in [-0.39, 0.29) is 11.9 Å². The van der Waals surface area contributed by atoms with Crippen molar-refractivity contribution in [1.29, 1.82) is 0 Å². The molecule has 1 amide bonds. The standard InChI is InChI=1S/C15H22N2OS2/c1-12(2)9-10-14-15(18)17(20-16(14)3)11-19-13-7-5-4-6-8-13/h4-8,12,14H,9-11H2,1-3H3. The molecule has 1 saturated heterocycles. The molecule has 20 heavy (non-hydrogen) atoms. The number of carbonyl (C=O) groups is 1. The van der Waals surface area contributed by atoms with Crippen LogP contribution in [0.4, 0.5) is 0 Å². The Labute approximate surface area is 130 Å². The number of amides is 1. The maximum absolute atomic E-state index is 12.4. The lowest BCUT2D eigenvalue weighted by molar-refractivity contribution is -0.127. The first-order chi connectivity index (χ1) is 9.58. The van der Waals surface area contributed by atoms with E-state index >= 15 is 0 Å². The van der Waals surface area contributed by atoms with Crippen molar-refractivity contribution in [1.82, 2.24) is 8.61 Å². The van der Waals surface area contributed by atoms with Crippen LogP contribution in [0.3, 0.4) is 0 Å². The van der Waals surface area contributed by atoms with Crippen LogP contribution in [0, 0.1) is 5.92 Å². The zero-order valence-corrected chi connectivity index (χ0v) is 13.9. The minimum Gasteiger partial charge on any atom is -0.272 e. The van der Waals surface area contributed by atoms with Crippen molar-refractivity contribution in [2.45, 2.75) is 37.6 Å². The molecule has 1 fully saturated rings. The van der Waals surface area contributed by atoms with Crippen molar-refractivity contribution in [3.63, 3.8) is 0 Å². The van der Waals surface area contributed by atoms with E-state index in [0.717, 1.165) is 12.8 Å². The van der Waals surface area contributed by atoms with Crippen molar-refractivity contribution >= 4 is 29.8 Å². The number of likely N-dealkylation sites (N-methyl/N-ethyl adjacent to an activating group) is 1. The van der Waals surface area contributed by atoms with Crippen molar-refractivity contribution in [2.75, 3.05) is 12.9 Å². The third-order valence-electron chi connectivity index (χ3n) is 3.31. The van der Waals surface area contributed by atoms with Crippen LogP contribution < -0.4 is 0 Å². The van der Waals surface area contributed by atoms with Gasteiger partial charge in [-0.3, -0.25) is 9.10 Å².